The van der Waals surface area contributed by atoms with Gasteiger partial charge in [-0.15, -0.1) is 0 Å². The van der Waals surface area contributed by atoms with E-state index in [1.807, 2.05) is 41.5 Å². The quantitative estimate of drug-likeness (QED) is 0.342. The van der Waals surface area contributed by atoms with Crippen molar-refractivity contribution in [3.8, 4) is 0 Å². The topological polar surface area (TPSA) is 129 Å². The number of amides is 4. The van der Waals surface area contributed by atoms with Crippen molar-refractivity contribution in [1.82, 2.24) is 9.80 Å². The molecule has 10 heteroatoms. The molecule has 0 bridgehead atoms. The molecule has 10 nitrogen and oxygen atoms in total. The first-order valence-corrected chi connectivity index (χ1v) is 12.0. The SMILES string of the molecule is CC(=O)N=C1C(=O)N([C@]2(C)C[C@H](N=C=O)CC(C)(C)C2)C(=O)N1[C@]1(C)C[C@H](N=C=O)CC(C)(C)C1. The van der Waals surface area contributed by atoms with Crippen molar-refractivity contribution in [2.24, 2.45) is 25.8 Å². The summed E-state index contributed by atoms with van der Waals surface area (Å²) in [4.78, 5) is 76.4. The van der Waals surface area contributed by atoms with Crippen LogP contribution in [0.4, 0.5) is 4.79 Å². The van der Waals surface area contributed by atoms with Gasteiger partial charge in [0.1, 0.15) is 0 Å². The Kier molecular flexibility index (Phi) is 6.79. The van der Waals surface area contributed by atoms with Crippen LogP contribution in [0.1, 0.15) is 87.0 Å². The molecule has 0 unspecified atom stereocenters. The maximum Gasteiger partial charge on any atom is 0.333 e. The highest BCUT2D eigenvalue weighted by atomic mass is 16.2. The van der Waals surface area contributed by atoms with Crippen molar-refractivity contribution in [1.29, 1.82) is 0 Å². The Morgan fingerprint density at radius 1 is 0.800 bits per heavy atom. The van der Waals surface area contributed by atoms with E-state index in [1.165, 1.54) is 16.7 Å². The van der Waals surface area contributed by atoms with Crippen molar-refractivity contribution in [2.45, 2.75) is 110 Å². The van der Waals surface area contributed by atoms with Crippen LogP contribution in [-0.4, -0.2) is 68.8 Å². The van der Waals surface area contributed by atoms with Crippen LogP contribution in [-0.2, 0) is 19.2 Å². The lowest BCUT2D eigenvalue weighted by Gasteiger charge is -2.50. The van der Waals surface area contributed by atoms with E-state index >= 15 is 0 Å². The molecule has 4 amide bonds. The van der Waals surface area contributed by atoms with Crippen LogP contribution in [0.25, 0.3) is 0 Å². The summed E-state index contributed by atoms with van der Waals surface area (Å²) in [6.45, 7) is 13.0. The Balaban J connectivity index is 2.12. The first-order chi connectivity index (χ1) is 16.1. The van der Waals surface area contributed by atoms with Crippen molar-refractivity contribution >= 4 is 35.8 Å². The molecule has 3 rings (SSSR count). The van der Waals surface area contributed by atoms with E-state index in [9.17, 15) is 24.0 Å². The Hall–Kier alpha value is -2.96. The van der Waals surface area contributed by atoms with E-state index < -0.39 is 28.9 Å². The number of rotatable bonds is 4. The first-order valence-electron chi connectivity index (χ1n) is 12.0. The van der Waals surface area contributed by atoms with Crippen LogP contribution in [0, 0.1) is 10.8 Å². The number of hydrogen-bond donors (Lipinski definition) is 0. The molecular formula is C25H35N5O5. The summed E-state index contributed by atoms with van der Waals surface area (Å²) in [7, 11) is 0. The van der Waals surface area contributed by atoms with Gasteiger partial charge in [-0.1, -0.05) is 27.7 Å². The van der Waals surface area contributed by atoms with Crippen molar-refractivity contribution in [3.05, 3.63) is 0 Å². The minimum absolute atomic E-state index is 0.212. The first kappa shape index (κ1) is 26.6. The second-order valence-electron chi connectivity index (χ2n) is 12.5. The fourth-order valence-corrected chi connectivity index (χ4v) is 7.14. The van der Waals surface area contributed by atoms with Crippen molar-refractivity contribution < 1.29 is 24.0 Å². The molecule has 1 aliphatic heterocycles. The molecule has 0 N–H and O–H groups in total. The van der Waals surface area contributed by atoms with E-state index in [4.69, 9.17) is 0 Å². The Bertz CT molecular complexity index is 1070. The summed E-state index contributed by atoms with van der Waals surface area (Å²) in [5, 5.41) is 0. The van der Waals surface area contributed by atoms with Gasteiger partial charge < -0.3 is 0 Å². The van der Waals surface area contributed by atoms with Gasteiger partial charge >= 0.3 is 6.03 Å². The van der Waals surface area contributed by atoms with E-state index in [1.54, 1.807) is 12.2 Å². The van der Waals surface area contributed by atoms with Gasteiger partial charge in [-0.2, -0.15) is 4.99 Å². The van der Waals surface area contributed by atoms with Crippen LogP contribution < -0.4 is 0 Å². The van der Waals surface area contributed by atoms with Gasteiger partial charge in [0.05, 0.1) is 23.2 Å². The lowest BCUT2D eigenvalue weighted by molar-refractivity contribution is -0.127. The molecule has 0 spiro atoms. The largest absolute Gasteiger partial charge is 0.333 e. The zero-order valence-corrected chi connectivity index (χ0v) is 21.7. The predicted octanol–water partition coefficient (Wildman–Crippen LogP) is 3.54. The number of isocyanates is 2. The average Bonchev–Trinajstić information content (AvgIpc) is 2.89. The minimum Gasteiger partial charge on any atom is -0.273 e. The van der Waals surface area contributed by atoms with Gasteiger partial charge in [0.25, 0.3) is 5.91 Å². The Labute approximate surface area is 205 Å². The van der Waals surface area contributed by atoms with Crippen LogP contribution >= 0.6 is 0 Å². The number of aliphatic imine (C=N–C) groups is 3. The van der Waals surface area contributed by atoms with E-state index in [-0.39, 0.29) is 28.7 Å². The lowest BCUT2D eigenvalue weighted by Crippen LogP contribution is -2.59. The number of hydrogen-bond acceptors (Lipinski definition) is 7. The molecule has 0 aromatic carbocycles. The second-order valence-corrected chi connectivity index (χ2v) is 12.5. The number of carbonyl (C=O) groups is 3. The third-order valence-electron chi connectivity index (χ3n) is 7.45. The molecule has 0 aromatic rings. The molecular weight excluding hydrogens is 450 g/mol. The smallest absolute Gasteiger partial charge is 0.273 e. The minimum atomic E-state index is -0.950. The summed E-state index contributed by atoms with van der Waals surface area (Å²) < 4.78 is 0. The average molecular weight is 486 g/mol. The predicted molar refractivity (Wildman–Crippen MR) is 128 cm³/mol. The highest BCUT2D eigenvalue weighted by Crippen LogP contribution is 2.50. The van der Waals surface area contributed by atoms with Gasteiger partial charge in [-0.05, 0) is 63.2 Å². The fourth-order valence-electron chi connectivity index (χ4n) is 7.14. The van der Waals surface area contributed by atoms with Gasteiger partial charge in [0.2, 0.25) is 23.9 Å². The molecule has 1 heterocycles. The molecule has 0 radical (unpaired) electrons. The Morgan fingerprint density at radius 2 is 1.23 bits per heavy atom. The molecule has 3 fully saturated rings. The molecule has 1 saturated heterocycles. The Morgan fingerprint density at radius 3 is 1.63 bits per heavy atom. The number of nitrogens with zero attached hydrogens (tertiary/aromatic N) is 5. The summed E-state index contributed by atoms with van der Waals surface area (Å²) in [5.74, 6) is -1.44. The molecule has 190 valence electrons. The van der Waals surface area contributed by atoms with E-state index in [0.717, 1.165) is 0 Å². The molecule has 3 aliphatic rings. The summed E-state index contributed by atoms with van der Waals surface area (Å²) in [6, 6.07) is -1.33. The van der Waals surface area contributed by atoms with Crippen LogP contribution in [0.3, 0.4) is 0 Å². The summed E-state index contributed by atoms with van der Waals surface area (Å²) >= 11 is 0. The van der Waals surface area contributed by atoms with Gasteiger partial charge in [0, 0.05) is 6.92 Å². The maximum absolute atomic E-state index is 14.1. The third-order valence-corrected chi connectivity index (χ3v) is 7.45. The van der Waals surface area contributed by atoms with Crippen LogP contribution in [0.15, 0.2) is 15.0 Å². The lowest BCUT2D eigenvalue weighted by atomic mass is 9.66. The van der Waals surface area contributed by atoms with E-state index in [0.29, 0.717) is 38.5 Å². The van der Waals surface area contributed by atoms with Crippen molar-refractivity contribution in [2.75, 3.05) is 0 Å². The number of imide groups is 1. The molecule has 4 atom stereocenters. The number of carbonyl (C=O) groups excluding carboxylic acids is 5. The van der Waals surface area contributed by atoms with Gasteiger partial charge in [-0.3, -0.25) is 19.4 Å². The van der Waals surface area contributed by atoms with Gasteiger partial charge in [0.15, 0.2) is 0 Å². The molecule has 2 aliphatic carbocycles. The zero-order valence-electron chi connectivity index (χ0n) is 21.7. The molecule has 35 heavy (non-hydrogen) atoms. The standard InChI is InChI=1S/C25H35N5O5/c1-16(33)28-19-20(34)30(25(7)11-18(27-15-32)9-23(4,5)13-25)21(35)29(19)24(6)10-17(26-14-31)8-22(2,3)12-24/h17-18H,8-13H2,1-7H3/t17-,18-,24-,25-/m1/s1. The summed E-state index contributed by atoms with van der Waals surface area (Å²) in [6.07, 6.45) is 6.17. The fraction of sp³-hybridized carbons (Fsp3) is 0.760. The second kappa shape index (κ2) is 8.92. The van der Waals surface area contributed by atoms with Crippen LogP contribution in [0.5, 0.6) is 0 Å². The highest BCUT2D eigenvalue weighted by molar-refractivity contribution is 6.48. The molecule has 2 saturated carbocycles. The van der Waals surface area contributed by atoms with Crippen molar-refractivity contribution in [3.63, 3.8) is 0 Å². The van der Waals surface area contributed by atoms with Crippen LogP contribution in [0.2, 0.25) is 0 Å². The normalized spacial score (nSPS) is 35.5. The zero-order chi connectivity index (χ0) is 26.4. The molecule has 0 aromatic heterocycles. The van der Waals surface area contributed by atoms with E-state index in [2.05, 4.69) is 15.0 Å². The number of amidine groups is 1. The monoisotopic (exact) mass is 485 g/mol. The maximum atomic E-state index is 14.1. The third kappa shape index (κ3) is 5.19. The van der Waals surface area contributed by atoms with Gasteiger partial charge in [-0.25, -0.2) is 24.4 Å². The highest BCUT2D eigenvalue weighted by Gasteiger charge is 2.60. The summed E-state index contributed by atoms with van der Waals surface area (Å²) in [5.41, 5.74) is -2.46. The number of urea groups is 1.